The Bertz CT molecular complexity index is 797. The third kappa shape index (κ3) is 2.78. The van der Waals surface area contributed by atoms with E-state index < -0.39 is 44.4 Å². The molecule has 4 atom stereocenters. The van der Waals surface area contributed by atoms with Crippen LogP contribution in [0.25, 0.3) is 0 Å². The fourth-order valence-electron chi connectivity index (χ4n) is 3.37. The number of carbonyl (C=O) groups excluding carboxylic acids is 2. The van der Waals surface area contributed by atoms with Gasteiger partial charge in [0.25, 0.3) is 5.91 Å². The highest BCUT2D eigenvalue weighted by Crippen LogP contribution is 2.37. The Hall–Kier alpha value is -1.64. The smallest absolute Gasteiger partial charge is 0.331 e. The first-order valence-electron chi connectivity index (χ1n) is 7.50. The lowest BCUT2D eigenvalue weighted by Crippen LogP contribution is -2.66. The lowest BCUT2D eigenvalue weighted by atomic mass is 9.82. The second-order valence-electron chi connectivity index (χ2n) is 6.20. The average Bonchev–Trinajstić information content (AvgIpc) is 2.53. The maximum absolute atomic E-state index is 13.0. The highest BCUT2D eigenvalue weighted by atomic mass is 35.5. The van der Waals surface area contributed by atoms with Crippen molar-refractivity contribution in [2.45, 2.75) is 41.3 Å². The van der Waals surface area contributed by atoms with Crippen LogP contribution in [0.15, 0.2) is 29.2 Å². The highest BCUT2D eigenvalue weighted by Gasteiger charge is 2.52. The van der Waals surface area contributed by atoms with Crippen LogP contribution in [-0.4, -0.2) is 47.3 Å². The van der Waals surface area contributed by atoms with Crippen molar-refractivity contribution in [2.75, 3.05) is 0 Å². The molecule has 3 amide bonds. The molecule has 3 rings (SSSR count). The molecule has 1 aliphatic carbocycles. The number of rotatable bonds is 2. The summed E-state index contributed by atoms with van der Waals surface area (Å²) in [5, 5.41) is 10.4. The summed E-state index contributed by atoms with van der Waals surface area (Å²) in [5.41, 5.74) is 0.788. The minimum atomic E-state index is -3.80. The molecule has 1 saturated heterocycles. The molecule has 1 aromatic carbocycles. The van der Waals surface area contributed by atoms with Gasteiger partial charge in [-0.3, -0.25) is 10.0 Å². The summed E-state index contributed by atoms with van der Waals surface area (Å²) in [5.74, 6) is -1.69. The molecule has 0 spiro atoms. The number of amides is 3. The number of nitrogens with zero attached hydrogens (tertiary/aromatic N) is 1. The van der Waals surface area contributed by atoms with Crippen LogP contribution in [0.2, 0.25) is 0 Å². The first kappa shape index (κ1) is 17.2. The number of hydrogen-bond donors (Lipinski definition) is 2. The van der Waals surface area contributed by atoms with Gasteiger partial charge in [0.15, 0.2) is 9.84 Å². The minimum Gasteiger partial charge on any atom is -0.331 e. The summed E-state index contributed by atoms with van der Waals surface area (Å²) in [7, 11) is -3.80. The molecule has 2 aliphatic rings. The summed E-state index contributed by atoms with van der Waals surface area (Å²) in [6, 6.07) is 4.53. The number of hydroxylamine groups is 2. The summed E-state index contributed by atoms with van der Waals surface area (Å²) in [4.78, 5) is 24.0. The van der Waals surface area contributed by atoms with Gasteiger partial charge in [0, 0.05) is 5.38 Å². The molecule has 130 valence electrons. The maximum atomic E-state index is 13.0. The van der Waals surface area contributed by atoms with Crippen LogP contribution in [0, 0.1) is 12.8 Å². The van der Waals surface area contributed by atoms with Gasteiger partial charge in [-0.2, -0.15) is 0 Å². The van der Waals surface area contributed by atoms with Crippen LogP contribution in [0.1, 0.15) is 18.4 Å². The number of halogens is 1. The van der Waals surface area contributed by atoms with Gasteiger partial charge in [-0.05, 0) is 37.5 Å². The summed E-state index contributed by atoms with van der Waals surface area (Å²) < 4.78 is 26.1. The van der Waals surface area contributed by atoms with Crippen LogP contribution >= 0.6 is 11.6 Å². The molecular weight excluding hydrogens is 356 g/mol. The lowest BCUT2D eigenvalue weighted by Gasteiger charge is -2.43. The van der Waals surface area contributed by atoms with Crippen LogP contribution in [0.3, 0.4) is 0 Å². The first-order valence-corrected chi connectivity index (χ1v) is 9.48. The minimum absolute atomic E-state index is 0.00750. The fourth-order valence-corrected chi connectivity index (χ4v) is 5.96. The fraction of sp³-hybridized carbons (Fsp3) is 0.467. The number of nitrogens with one attached hydrogen (secondary N) is 1. The van der Waals surface area contributed by atoms with Crippen molar-refractivity contribution in [3.8, 4) is 0 Å². The average molecular weight is 373 g/mol. The second kappa shape index (κ2) is 6.02. The number of imide groups is 1. The van der Waals surface area contributed by atoms with Gasteiger partial charge >= 0.3 is 6.03 Å². The van der Waals surface area contributed by atoms with Crippen molar-refractivity contribution in [1.29, 1.82) is 0 Å². The number of sulfone groups is 1. The van der Waals surface area contributed by atoms with E-state index in [9.17, 15) is 23.2 Å². The van der Waals surface area contributed by atoms with Gasteiger partial charge < -0.3 is 5.32 Å². The zero-order valence-corrected chi connectivity index (χ0v) is 14.4. The second-order valence-corrected chi connectivity index (χ2v) is 8.98. The molecule has 9 heteroatoms. The third-order valence-corrected chi connectivity index (χ3v) is 7.11. The number of hydrogen-bond acceptors (Lipinski definition) is 5. The van der Waals surface area contributed by atoms with Crippen LogP contribution in [0.4, 0.5) is 4.79 Å². The Balaban J connectivity index is 2.02. The topological polar surface area (TPSA) is 104 Å². The van der Waals surface area contributed by atoms with Crippen molar-refractivity contribution < 1.29 is 23.2 Å². The van der Waals surface area contributed by atoms with E-state index in [1.54, 1.807) is 25.1 Å². The number of alkyl halides is 1. The predicted octanol–water partition coefficient (Wildman–Crippen LogP) is 1.46. The van der Waals surface area contributed by atoms with Crippen molar-refractivity contribution in [1.82, 2.24) is 10.4 Å². The molecule has 1 aromatic rings. The standard InChI is InChI=1S/C15H17ClN2O5S/c1-8-3-2-4-10(5-8)24(22,23)12-7-9(16)6-11-13(12)17-15(20)18(21)14(11)19/h2-5,9,11-13,21H,6-7H2,1H3,(H,17,20). The van der Waals surface area contributed by atoms with Gasteiger partial charge in [0.1, 0.15) is 0 Å². The van der Waals surface area contributed by atoms with Gasteiger partial charge in [-0.1, -0.05) is 12.1 Å². The van der Waals surface area contributed by atoms with Crippen LogP contribution in [0.5, 0.6) is 0 Å². The lowest BCUT2D eigenvalue weighted by molar-refractivity contribution is -0.163. The molecule has 2 fully saturated rings. The number of urea groups is 1. The van der Waals surface area contributed by atoms with Gasteiger partial charge in [0.2, 0.25) is 0 Å². The highest BCUT2D eigenvalue weighted by molar-refractivity contribution is 7.92. The molecule has 1 heterocycles. The van der Waals surface area contributed by atoms with E-state index in [0.29, 0.717) is 0 Å². The van der Waals surface area contributed by atoms with Crippen molar-refractivity contribution in [3.63, 3.8) is 0 Å². The molecule has 24 heavy (non-hydrogen) atoms. The molecule has 0 aromatic heterocycles. The van der Waals surface area contributed by atoms with Gasteiger partial charge in [-0.25, -0.2) is 13.2 Å². The normalized spacial score (nSPS) is 30.7. The van der Waals surface area contributed by atoms with Crippen LogP contribution in [-0.2, 0) is 14.6 Å². The Labute approximate surface area is 144 Å². The third-order valence-electron chi connectivity index (χ3n) is 4.56. The number of benzene rings is 1. The van der Waals surface area contributed by atoms with Crippen molar-refractivity contribution >= 4 is 33.4 Å². The Kier molecular flexibility index (Phi) is 4.31. The van der Waals surface area contributed by atoms with Crippen molar-refractivity contribution in [2.24, 2.45) is 5.92 Å². The molecular formula is C15H17ClN2O5S. The van der Waals surface area contributed by atoms with E-state index in [0.717, 1.165) is 5.56 Å². The Morgan fingerprint density at radius 2 is 2.00 bits per heavy atom. The Morgan fingerprint density at radius 1 is 1.29 bits per heavy atom. The zero-order chi connectivity index (χ0) is 17.6. The predicted molar refractivity (Wildman–Crippen MR) is 85.5 cm³/mol. The monoisotopic (exact) mass is 372 g/mol. The van der Waals surface area contributed by atoms with E-state index in [-0.39, 0.29) is 22.8 Å². The largest absolute Gasteiger partial charge is 0.348 e. The van der Waals surface area contributed by atoms with E-state index in [2.05, 4.69) is 5.32 Å². The van der Waals surface area contributed by atoms with Gasteiger partial charge in [-0.15, -0.1) is 16.7 Å². The SMILES string of the molecule is Cc1cccc(S(=O)(=O)C2CC(Cl)CC3C(=O)N(O)C(=O)NC32)c1. The first-order chi connectivity index (χ1) is 11.2. The van der Waals surface area contributed by atoms with Gasteiger partial charge in [0.05, 0.1) is 22.1 Å². The molecule has 0 radical (unpaired) electrons. The number of fused-ring (bicyclic) bond motifs is 1. The van der Waals surface area contributed by atoms with E-state index >= 15 is 0 Å². The zero-order valence-electron chi connectivity index (χ0n) is 12.8. The van der Waals surface area contributed by atoms with Crippen molar-refractivity contribution in [3.05, 3.63) is 29.8 Å². The molecule has 1 saturated carbocycles. The molecule has 7 nitrogen and oxygen atoms in total. The quantitative estimate of drug-likeness (QED) is 0.604. The summed E-state index contributed by atoms with van der Waals surface area (Å²) in [6.07, 6.45) is 0.320. The van der Waals surface area contributed by atoms with E-state index in [1.807, 2.05) is 0 Å². The maximum Gasteiger partial charge on any atom is 0.348 e. The number of carbonyl (C=O) groups is 2. The summed E-state index contributed by atoms with van der Waals surface area (Å²) in [6.45, 7) is 1.78. The molecule has 2 N–H and O–H groups in total. The van der Waals surface area contributed by atoms with E-state index in [1.165, 1.54) is 6.07 Å². The molecule has 0 bridgehead atoms. The molecule has 1 aliphatic heterocycles. The summed E-state index contributed by atoms with van der Waals surface area (Å²) >= 11 is 6.18. The Morgan fingerprint density at radius 3 is 2.67 bits per heavy atom. The number of aryl methyl sites for hydroxylation is 1. The van der Waals surface area contributed by atoms with E-state index in [4.69, 9.17) is 11.6 Å². The molecule has 4 unspecified atom stereocenters. The van der Waals surface area contributed by atoms with Crippen LogP contribution < -0.4 is 5.32 Å².